The van der Waals surface area contributed by atoms with E-state index in [1.165, 1.54) is 67.2 Å². The highest BCUT2D eigenvalue weighted by atomic mass is 32.1. The second kappa shape index (κ2) is 12.7. The van der Waals surface area contributed by atoms with Crippen molar-refractivity contribution in [2.45, 2.75) is 63.7 Å². The van der Waals surface area contributed by atoms with Gasteiger partial charge in [-0.1, -0.05) is 93.5 Å². The fourth-order valence-corrected chi connectivity index (χ4v) is 4.46. The van der Waals surface area contributed by atoms with Gasteiger partial charge in [-0.3, -0.25) is 0 Å². The molecule has 1 aliphatic rings. The molecule has 162 valence electrons. The summed E-state index contributed by atoms with van der Waals surface area (Å²) in [7, 11) is 0. The van der Waals surface area contributed by atoms with E-state index in [4.69, 9.17) is 9.47 Å². The quantitative estimate of drug-likeness (QED) is 0.206. The summed E-state index contributed by atoms with van der Waals surface area (Å²) in [5, 5.41) is 0. The number of hydrogen-bond acceptors (Lipinski definition) is 4. The second-order valence-electron chi connectivity index (χ2n) is 8.04. The molecule has 0 aromatic heterocycles. The average Bonchev–Trinajstić information content (AvgIpc) is 3.10. The molecule has 0 spiro atoms. The molecule has 0 saturated carbocycles. The normalized spacial score (nSPS) is 12.4. The van der Waals surface area contributed by atoms with Crippen LogP contribution in [0.2, 0.25) is 0 Å². The Kier molecular flexibility index (Phi) is 9.62. The predicted molar refractivity (Wildman–Crippen MR) is 126 cm³/mol. The summed E-state index contributed by atoms with van der Waals surface area (Å²) in [6.07, 6.45) is 10.4. The standard InChI is InChI=1S/C26H34O3S/c27-26(28-18-12-6-4-2-1-3-5-7-13-19-30)29-20-25-23-16-10-8-14-21(23)22-15-9-11-17-24(22)25/h8-11,14-17,25,30H,1-7,12-13,18-20H2. The van der Waals surface area contributed by atoms with Gasteiger partial charge < -0.3 is 9.47 Å². The summed E-state index contributed by atoms with van der Waals surface area (Å²) in [6.45, 7) is 0.763. The van der Waals surface area contributed by atoms with Crippen molar-refractivity contribution in [3.63, 3.8) is 0 Å². The lowest BCUT2D eigenvalue weighted by atomic mass is 9.98. The lowest BCUT2D eigenvalue weighted by Crippen LogP contribution is -2.14. The smallest absolute Gasteiger partial charge is 0.434 e. The maximum atomic E-state index is 12.0. The highest BCUT2D eigenvalue weighted by Gasteiger charge is 2.29. The van der Waals surface area contributed by atoms with Crippen LogP contribution in [0.15, 0.2) is 48.5 Å². The van der Waals surface area contributed by atoms with Crippen LogP contribution in [0.5, 0.6) is 0 Å². The number of carbonyl (C=O) groups excluding carboxylic acids is 1. The second-order valence-corrected chi connectivity index (χ2v) is 8.49. The van der Waals surface area contributed by atoms with Crippen LogP contribution in [-0.2, 0) is 9.47 Å². The van der Waals surface area contributed by atoms with Gasteiger partial charge in [0.05, 0.1) is 6.61 Å². The Morgan fingerprint density at radius 3 is 1.77 bits per heavy atom. The molecule has 0 radical (unpaired) electrons. The van der Waals surface area contributed by atoms with Gasteiger partial charge >= 0.3 is 6.16 Å². The first-order valence-corrected chi connectivity index (χ1v) is 12.0. The Bertz CT molecular complexity index is 744. The Hall–Kier alpha value is -1.94. The predicted octanol–water partition coefficient (Wildman–Crippen LogP) is 7.39. The van der Waals surface area contributed by atoms with Crippen molar-refractivity contribution < 1.29 is 14.3 Å². The van der Waals surface area contributed by atoms with Crippen LogP contribution in [0.25, 0.3) is 11.1 Å². The van der Waals surface area contributed by atoms with E-state index in [1.807, 2.05) is 12.1 Å². The molecule has 0 fully saturated rings. The van der Waals surface area contributed by atoms with Crippen LogP contribution in [-0.4, -0.2) is 25.1 Å². The first-order valence-electron chi connectivity index (χ1n) is 11.4. The summed E-state index contributed by atoms with van der Waals surface area (Å²) in [4.78, 5) is 12.0. The molecule has 3 nitrogen and oxygen atoms in total. The molecular weight excluding hydrogens is 392 g/mol. The molecular formula is C26H34O3S. The van der Waals surface area contributed by atoms with Gasteiger partial charge in [-0.25, -0.2) is 4.79 Å². The summed E-state index contributed by atoms with van der Waals surface area (Å²) in [5.74, 6) is 1.08. The van der Waals surface area contributed by atoms with Crippen LogP contribution < -0.4 is 0 Å². The van der Waals surface area contributed by atoms with Gasteiger partial charge in [0.15, 0.2) is 0 Å². The Balaban J connectivity index is 1.30. The molecule has 3 rings (SSSR count). The van der Waals surface area contributed by atoms with Crippen molar-refractivity contribution in [3.05, 3.63) is 59.7 Å². The van der Waals surface area contributed by atoms with Crippen LogP contribution in [0.1, 0.15) is 74.8 Å². The first-order chi connectivity index (χ1) is 14.8. The van der Waals surface area contributed by atoms with E-state index in [9.17, 15) is 4.79 Å². The van der Waals surface area contributed by atoms with E-state index in [2.05, 4.69) is 49.0 Å². The summed E-state index contributed by atoms with van der Waals surface area (Å²) >= 11 is 4.24. The van der Waals surface area contributed by atoms with Gasteiger partial charge in [-0.2, -0.15) is 12.6 Å². The van der Waals surface area contributed by atoms with Gasteiger partial charge in [0.25, 0.3) is 0 Å². The van der Waals surface area contributed by atoms with Gasteiger partial charge in [0.1, 0.15) is 6.61 Å². The Morgan fingerprint density at radius 2 is 1.20 bits per heavy atom. The van der Waals surface area contributed by atoms with E-state index < -0.39 is 6.16 Å². The van der Waals surface area contributed by atoms with Crippen molar-refractivity contribution >= 4 is 18.8 Å². The minimum absolute atomic E-state index is 0.0812. The molecule has 0 saturated heterocycles. The topological polar surface area (TPSA) is 35.5 Å². The number of carbonyl (C=O) groups is 1. The third-order valence-electron chi connectivity index (χ3n) is 5.85. The molecule has 0 amide bonds. The largest absolute Gasteiger partial charge is 0.508 e. The van der Waals surface area contributed by atoms with Gasteiger partial charge in [0.2, 0.25) is 0 Å². The number of unbranched alkanes of at least 4 members (excludes halogenated alkanes) is 8. The third-order valence-corrected chi connectivity index (χ3v) is 6.17. The summed E-state index contributed by atoms with van der Waals surface area (Å²) < 4.78 is 10.7. The summed E-state index contributed by atoms with van der Waals surface area (Å²) in [6, 6.07) is 16.7. The van der Waals surface area contributed by atoms with E-state index >= 15 is 0 Å². The summed E-state index contributed by atoms with van der Waals surface area (Å²) in [5.41, 5.74) is 4.91. The number of benzene rings is 2. The molecule has 2 aromatic carbocycles. The van der Waals surface area contributed by atoms with Crippen molar-refractivity contribution in [1.29, 1.82) is 0 Å². The zero-order valence-corrected chi connectivity index (χ0v) is 18.7. The molecule has 0 heterocycles. The number of fused-ring (bicyclic) bond motifs is 3. The van der Waals surface area contributed by atoms with Crippen LogP contribution in [0, 0.1) is 0 Å². The highest BCUT2D eigenvalue weighted by Crippen LogP contribution is 2.44. The number of ether oxygens (including phenoxy) is 2. The van der Waals surface area contributed by atoms with E-state index in [0.29, 0.717) is 13.2 Å². The van der Waals surface area contributed by atoms with Gasteiger partial charge in [-0.15, -0.1) is 0 Å². The van der Waals surface area contributed by atoms with Crippen LogP contribution in [0.3, 0.4) is 0 Å². The van der Waals surface area contributed by atoms with Crippen molar-refractivity contribution in [2.75, 3.05) is 19.0 Å². The molecule has 0 aliphatic heterocycles. The molecule has 0 N–H and O–H groups in total. The molecule has 0 unspecified atom stereocenters. The molecule has 1 aliphatic carbocycles. The molecule has 0 atom stereocenters. The number of rotatable bonds is 13. The van der Waals surface area contributed by atoms with Gasteiger partial charge in [0, 0.05) is 5.92 Å². The minimum Gasteiger partial charge on any atom is -0.434 e. The van der Waals surface area contributed by atoms with Crippen molar-refractivity contribution in [1.82, 2.24) is 0 Å². The SMILES string of the molecule is O=C(OCCCCCCCCCCCS)OCC1c2ccccc2-c2ccccc21. The van der Waals surface area contributed by atoms with Gasteiger partial charge in [-0.05, 0) is 40.8 Å². The molecule has 30 heavy (non-hydrogen) atoms. The lowest BCUT2D eigenvalue weighted by molar-refractivity contribution is 0.0522. The van der Waals surface area contributed by atoms with Crippen LogP contribution >= 0.6 is 12.6 Å². The van der Waals surface area contributed by atoms with Crippen molar-refractivity contribution in [2.24, 2.45) is 0 Å². The molecule has 2 aromatic rings. The lowest BCUT2D eigenvalue weighted by Gasteiger charge is -2.14. The zero-order valence-electron chi connectivity index (χ0n) is 17.9. The number of hydrogen-bond donors (Lipinski definition) is 1. The van der Waals surface area contributed by atoms with E-state index in [-0.39, 0.29) is 5.92 Å². The maximum Gasteiger partial charge on any atom is 0.508 e. The van der Waals surface area contributed by atoms with E-state index in [0.717, 1.165) is 18.6 Å². The Morgan fingerprint density at radius 1 is 0.700 bits per heavy atom. The highest BCUT2D eigenvalue weighted by molar-refractivity contribution is 7.80. The third kappa shape index (κ3) is 6.53. The fourth-order valence-electron chi connectivity index (χ4n) is 4.24. The zero-order chi connectivity index (χ0) is 21.0. The fraction of sp³-hybridized carbons (Fsp3) is 0.500. The minimum atomic E-state index is -0.555. The van der Waals surface area contributed by atoms with Crippen molar-refractivity contribution in [3.8, 4) is 11.1 Å². The Labute approximate surface area is 186 Å². The molecule has 0 bridgehead atoms. The maximum absolute atomic E-state index is 12.0. The molecule has 4 heteroatoms. The van der Waals surface area contributed by atoms with Crippen LogP contribution in [0.4, 0.5) is 4.79 Å². The first kappa shape index (κ1) is 22.7. The average molecular weight is 427 g/mol. The van der Waals surface area contributed by atoms with E-state index in [1.54, 1.807) is 0 Å². The monoisotopic (exact) mass is 426 g/mol. The number of thiol groups is 1.